The molecule has 1 atom stereocenters. The van der Waals surface area contributed by atoms with Crippen LogP contribution in [0.25, 0.3) is 0 Å². The topological polar surface area (TPSA) is 48.0 Å². The van der Waals surface area contributed by atoms with Crippen molar-refractivity contribution in [2.24, 2.45) is 0 Å². The van der Waals surface area contributed by atoms with Crippen LogP contribution in [0.1, 0.15) is 0 Å². The summed E-state index contributed by atoms with van der Waals surface area (Å²) in [5.41, 5.74) is -0.201. The van der Waals surface area contributed by atoms with Crippen molar-refractivity contribution in [3.05, 3.63) is 84.9 Å². The summed E-state index contributed by atoms with van der Waals surface area (Å²) >= 11 is 4.43. The number of ether oxygens (including phenoxy) is 1. The minimum Gasteiger partial charge on any atom is -0.459 e. The lowest BCUT2D eigenvalue weighted by Crippen LogP contribution is -2.31. The molecule has 3 aromatic rings. The average Bonchev–Trinajstić information content (AvgIpc) is 2.99. The van der Waals surface area contributed by atoms with Crippen LogP contribution in [0.2, 0.25) is 0 Å². The van der Waals surface area contributed by atoms with Crippen LogP contribution in [-0.4, -0.2) is 5.56 Å². The SMILES string of the molecule is O=P(Oc1ccccc1)(Oc1ccccc1)N1c2ccccc2OC1S. The first-order valence-corrected chi connectivity index (χ1v) is 10.00. The number of benzene rings is 3. The van der Waals surface area contributed by atoms with Crippen LogP contribution in [0.15, 0.2) is 84.9 Å². The fraction of sp³-hybridized carbons (Fsp3) is 0.0526. The van der Waals surface area contributed by atoms with Crippen LogP contribution in [0.3, 0.4) is 0 Å². The summed E-state index contributed by atoms with van der Waals surface area (Å²) in [5, 5.41) is 0. The molecule has 132 valence electrons. The molecule has 0 radical (unpaired) electrons. The lowest BCUT2D eigenvalue weighted by atomic mass is 10.3. The van der Waals surface area contributed by atoms with Gasteiger partial charge in [0.25, 0.3) is 0 Å². The molecule has 0 saturated carbocycles. The van der Waals surface area contributed by atoms with Crippen LogP contribution < -0.4 is 18.5 Å². The molecular formula is C19H16NO4PS. The first-order chi connectivity index (χ1) is 12.7. The molecule has 0 spiro atoms. The fourth-order valence-electron chi connectivity index (χ4n) is 2.62. The van der Waals surface area contributed by atoms with E-state index in [0.717, 1.165) is 0 Å². The molecule has 1 heterocycles. The number of anilines is 1. The minimum atomic E-state index is -3.87. The van der Waals surface area contributed by atoms with E-state index in [2.05, 4.69) is 12.6 Å². The summed E-state index contributed by atoms with van der Waals surface area (Å²) in [6.07, 6.45) is 0. The Hall–Kier alpha value is -2.56. The van der Waals surface area contributed by atoms with Crippen molar-refractivity contribution < 1.29 is 18.3 Å². The Morgan fingerprint density at radius 1 is 0.808 bits per heavy atom. The van der Waals surface area contributed by atoms with Gasteiger partial charge in [-0.1, -0.05) is 48.5 Å². The second kappa shape index (κ2) is 6.98. The van der Waals surface area contributed by atoms with Crippen LogP contribution in [0.5, 0.6) is 17.2 Å². The molecule has 1 unspecified atom stereocenters. The van der Waals surface area contributed by atoms with Crippen molar-refractivity contribution in [2.45, 2.75) is 5.56 Å². The van der Waals surface area contributed by atoms with Crippen LogP contribution in [-0.2, 0) is 4.57 Å². The Labute approximate surface area is 157 Å². The maximum Gasteiger partial charge on any atom is 0.548 e. The van der Waals surface area contributed by atoms with E-state index in [4.69, 9.17) is 13.8 Å². The number of hydrogen-bond donors (Lipinski definition) is 1. The van der Waals surface area contributed by atoms with Gasteiger partial charge in [-0.25, -0.2) is 9.24 Å². The van der Waals surface area contributed by atoms with Gasteiger partial charge in [-0.05, 0) is 36.4 Å². The molecule has 0 saturated heterocycles. The highest BCUT2D eigenvalue weighted by molar-refractivity contribution is 7.81. The van der Waals surface area contributed by atoms with Crippen molar-refractivity contribution in [1.29, 1.82) is 0 Å². The van der Waals surface area contributed by atoms with Gasteiger partial charge >= 0.3 is 7.75 Å². The normalized spacial score (nSPS) is 15.9. The van der Waals surface area contributed by atoms with Crippen LogP contribution in [0.4, 0.5) is 5.69 Å². The molecule has 0 aliphatic carbocycles. The van der Waals surface area contributed by atoms with Gasteiger partial charge < -0.3 is 13.8 Å². The quantitative estimate of drug-likeness (QED) is 0.473. The van der Waals surface area contributed by atoms with Gasteiger partial charge in [-0.3, -0.25) is 0 Å². The van der Waals surface area contributed by atoms with E-state index in [1.54, 1.807) is 60.7 Å². The number of thiol groups is 1. The van der Waals surface area contributed by atoms with Gasteiger partial charge in [0, 0.05) is 0 Å². The summed E-state index contributed by atoms with van der Waals surface area (Å²) in [7, 11) is -3.87. The molecule has 7 heteroatoms. The molecule has 0 aromatic heterocycles. The van der Waals surface area contributed by atoms with Gasteiger partial charge in [-0.15, -0.1) is 12.6 Å². The van der Waals surface area contributed by atoms with E-state index >= 15 is 0 Å². The summed E-state index contributed by atoms with van der Waals surface area (Å²) in [4.78, 5) is 0. The van der Waals surface area contributed by atoms with E-state index in [1.807, 2.05) is 24.3 Å². The zero-order valence-corrected chi connectivity index (χ0v) is 15.4. The first kappa shape index (κ1) is 16.9. The lowest BCUT2D eigenvalue weighted by molar-refractivity contribution is 0.311. The molecule has 1 aliphatic rings. The number of para-hydroxylation sites is 4. The van der Waals surface area contributed by atoms with Gasteiger partial charge in [0.05, 0.1) is 5.69 Å². The van der Waals surface area contributed by atoms with Gasteiger partial charge in [-0.2, -0.15) is 0 Å². The summed E-state index contributed by atoms with van der Waals surface area (Å²) in [6.45, 7) is 0. The number of fused-ring (bicyclic) bond motifs is 1. The highest BCUT2D eigenvalue weighted by atomic mass is 32.1. The van der Waals surface area contributed by atoms with E-state index in [-0.39, 0.29) is 0 Å². The standard InChI is InChI=1S/C19H16NO4PS/c21-25(23-15-9-3-1-4-10-15,24-16-11-5-2-6-12-16)20-17-13-7-8-14-18(17)22-19(20)26/h1-14,19,26H. The molecule has 5 nitrogen and oxygen atoms in total. The predicted molar refractivity (Wildman–Crippen MR) is 104 cm³/mol. The molecule has 0 amide bonds. The molecule has 1 aliphatic heterocycles. The van der Waals surface area contributed by atoms with E-state index in [1.165, 1.54) is 4.67 Å². The monoisotopic (exact) mass is 385 g/mol. The van der Waals surface area contributed by atoms with E-state index < -0.39 is 13.3 Å². The third-order valence-electron chi connectivity index (χ3n) is 3.75. The Kier molecular flexibility index (Phi) is 4.53. The molecule has 4 rings (SSSR count). The number of rotatable bonds is 5. The molecule has 0 bridgehead atoms. The molecule has 26 heavy (non-hydrogen) atoms. The first-order valence-electron chi connectivity index (χ1n) is 7.98. The average molecular weight is 385 g/mol. The van der Waals surface area contributed by atoms with Crippen molar-refractivity contribution in [1.82, 2.24) is 0 Å². The van der Waals surface area contributed by atoms with Crippen LogP contribution >= 0.6 is 20.4 Å². The Morgan fingerprint density at radius 2 is 1.31 bits per heavy atom. The zero-order valence-electron chi connectivity index (χ0n) is 13.6. The van der Waals surface area contributed by atoms with Gasteiger partial charge in [0.15, 0.2) is 0 Å². The highest BCUT2D eigenvalue weighted by Gasteiger charge is 2.47. The smallest absolute Gasteiger partial charge is 0.459 e. The largest absolute Gasteiger partial charge is 0.548 e. The van der Waals surface area contributed by atoms with Crippen molar-refractivity contribution in [2.75, 3.05) is 4.67 Å². The highest BCUT2D eigenvalue weighted by Crippen LogP contribution is 2.59. The van der Waals surface area contributed by atoms with Gasteiger partial charge in [0.1, 0.15) is 17.2 Å². The summed E-state index contributed by atoms with van der Waals surface area (Å²) in [5.74, 6) is 1.43. The van der Waals surface area contributed by atoms with Crippen molar-refractivity contribution >= 4 is 26.1 Å². The van der Waals surface area contributed by atoms with Crippen molar-refractivity contribution in [3.8, 4) is 17.2 Å². The summed E-state index contributed by atoms with van der Waals surface area (Å²) < 4.78 is 32.7. The second-order valence-corrected chi connectivity index (χ2v) is 7.71. The lowest BCUT2D eigenvalue weighted by Gasteiger charge is -2.29. The third kappa shape index (κ3) is 3.26. The molecule has 0 fully saturated rings. The Balaban J connectivity index is 1.76. The van der Waals surface area contributed by atoms with Gasteiger partial charge in [0.2, 0.25) is 5.56 Å². The zero-order chi connectivity index (χ0) is 18.0. The second-order valence-electron chi connectivity index (χ2n) is 5.53. The van der Waals surface area contributed by atoms with E-state index in [9.17, 15) is 4.57 Å². The molecule has 3 aromatic carbocycles. The van der Waals surface area contributed by atoms with Crippen LogP contribution in [0, 0.1) is 0 Å². The third-order valence-corrected chi connectivity index (χ3v) is 6.10. The molecular weight excluding hydrogens is 369 g/mol. The Morgan fingerprint density at radius 3 is 1.88 bits per heavy atom. The van der Waals surface area contributed by atoms with Crippen molar-refractivity contribution in [3.63, 3.8) is 0 Å². The number of hydrogen-bond acceptors (Lipinski definition) is 5. The number of nitrogens with zero attached hydrogens (tertiary/aromatic N) is 1. The molecule has 0 N–H and O–H groups in total. The Bertz CT molecular complexity index is 893. The maximum absolute atomic E-state index is 13.9. The minimum absolute atomic E-state index is 0.427. The maximum atomic E-state index is 13.9. The fourth-order valence-corrected chi connectivity index (χ4v) is 4.94. The summed E-state index contributed by atoms with van der Waals surface area (Å²) in [6, 6.07) is 25.0. The van der Waals surface area contributed by atoms with E-state index in [0.29, 0.717) is 22.9 Å². The predicted octanol–water partition coefficient (Wildman–Crippen LogP) is 5.36.